The number of hydrogen-bond acceptors (Lipinski definition) is 8. The topological polar surface area (TPSA) is 139 Å². The minimum Gasteiger partial charge on any atom is -0.411 e. The van der Waals surface area contributed by atoms with Crippen LogP contribution in [0.3, 0.4) is 0 Å². The van der Waals surface area contributed by atoms with E-state index in [1.165, 1.54) is 4.90 Å². The van der Waals surface area contributed by atoms with Crippen molar-refractivity contribution in [3.05, 3.63) is 0 Å². The molecule has 1 amide bonds. The van der Waals surface area contributed by atoms with Crippen LogP contribution in [-0.2, 0) is 23.9 Å². The predicted octanol–water partition coefficient (Wildman–Crippen LogP) is -1.01. The highest BCUT2D eigenvalue weighted by Gasteiger charge is 2.58. The SMILES string of the molecule is CCN(CC)C(=O)C1([C@H](CN)CC(C)C)OC(=O)C(O)C(O)C(=O)O1. The van der Waals surface area contributed by atoms with Gasteiger partial charge < -0.3 is 30.3 Å². The monoisotopic (exact) mass is 360 g/mol. The van der Waals surface area contributed by atoms with E-state index in [0.29, 0.717) is 6.42 Å². The molecule has 2 unspecified atom stereocenters. The van der Waals surface area contributed by atoms with E-state index in [1.54, 1.807) is 13.8 Å². The van der Waals surface area contributed by atoms with E-state index in [4.69, 9.17) is 15.2 Å². The molecule has 144 valence electrons. The van der Waals surface area contributed by atoms with Crippen LogP contribution in [0.2, 0.25) is 0 Å². The fraction of sp³-hybridized carbons (Fsp3) is 0.812. The third kappa shape index (κ3) is 4.28. The van der Waals surface area contributed by atoms with Crippen LogP contribution in [-0.4, -0.2) is 70.6 Å². The molecule has 1 heterocycles. The lowest BCUT2D eigenvalue weighted by Crippen LogP contribution is -2.60. The van der Waals surface area contributed by atoms with Crippen molar-refractivity contribution in [2.45, 2.75) is 52.1 Å². The van der Waals surface area contributed by atoms with E-state index >= 15 is 0 Å². The molecule has 9 heteroatoms. The third-order valence-corrected chi connectivity index (χ3v) is 4.21. The van der Waals surface area contributed by atoms with Gasteiger partial charge in [0, 0.05) is 19.6 Å². The second-order valence-corrected chi connectivity index (χ2v) is 6.44. The summed E-state index contributed by atoms with van der Waals surface area (Å²) in [6.45, 7) is 7.67. The van der Waals surface area contributed by atoms with Crippen LogP contribution < -0.4 is 5.73 Å². The van der Waals surface area contributed by atoms with Gasteiger partial charge in [-0.1, -0.05) is 13.8 Å². The molecule has 1 rings (SSSR count). The molecule has 0 spiro atoms. The van der Waals surface area contributed by atoms with Crippen molar-refractivity contribution in [2.75, 3.05) is 19.6 Å². The Bertz CT molecular complexity index is 483. The van der Waals surface area contributed by atoms with E-state index in [9.17, 15) is 24.6 Å². The Morgan fingerprint density at radius 1 is 1.16 bits per heavy atom. The van der Waals surface area contributed by atoms with Crippen LogP contribution >= 0.6 is 0 Å². The maximum atomic E-state index is 13.1. The maximum absolute atomic E-state index is 13.1. The summed E-state index contributed by atoms with van der Waals surface area (Å²) in [5.41, 5.74) is 5.79. The molecule has 0 aromatic carbocycles. The fourth-order valence-electron chi connectivity index (χ4n) is 2.83. The van der Waals surface area contributed by atoms with Gasteiger partial charge in [0.25, 0.3) is 0 Å². The Morgan fingerprint density at radius 2 is 1.60 bits per heavy atom. The van der Waals surface area contributed by atoms with Gasteiger partial charge in [-0.05, 0) is 26.2 Å². The highest BCUT2D eigenvalue weighted by atomic mass is 16.8. The lowest BCUT2D eigenvalue weighted by Gasteiger charge is -2.39. The first-order valence-electron chi connectivity index (χ1n) is 8.45. The number of rotatable bonds is 7. The smallest absolute Gasteiger partial charge is 0.342 e. The summed E-state index contributed by atoms with van der Waals surface area (Å²) in [6, 6.07) is 0. The van der Waals surface area contributed by atoms with E-state index in [2.05, 4.69) is 0 Å². The molecule has 0 aromatic rings. The number of carbonyl (C=O) groups excluding carboxylic acids is 3. The summed E-state index contributed by atoms with van der Waals surface area (Å²) in [5, 5.41) is 19.4. The average molecular weight is 360 g/mol. The molecule has 0 aromatic heterocycles. The molecule has 1 aliphatic rings. The molecule has 0 saturated carbocycles. The Labute approximate surface area is 147 Å². The Hall–Kier alpha value is -1.71. The van der Waals surface area contributed by atoms with Gasteiger partial charge in [0.15, 0.2) is 12.2 Å². The minimum atomic E-state index is -2.31. The number of likely N-dealkylation sites (N-methyl/N-ethyl adjacent to an activating group) is 1. The molecule has 0 aliphatic carbocycles. The van der Waals surface area contributed by atoms with Crippen LogP contribution in [0.15, 0.2) is 0 Å². The largest absolute Gasteiger partial charge is 0.411 e. The number of ether oxygens (including phenoxy) is 2. The zero-order valence-electron chi connectivity index (χ0n) is 15.1. The van der Waals surface area contributed by atoms with Crippen molar-refractivity contribution < 1.29 is 34.1 Å². The molecule has 9 nitrogen and oxygen atoms in total. The Morgan fingerprint density at radius 3 is 1.92 bits per heavy atom. The quantitative estimate of drug-likeness (QED) is 0.491. The number of nitrogens with zero attached hydrogens (tertiary/aromatic N) is 1. The van der Waals surface area contributed by atoms with Gasteiger partial charge in [0.05, 0.1) is 5.92 Å². The van der Waals surface area contributed by atoms with Gasteiger partial charge >= 0.3 is 23.6 Å². The number of aliphatic hydroxyl groups is 2. The first-order valence-corrected chi connectivity index (χ1v) is 8.45. The van der Waals surface area contributed by atoms with Crippen LogP contribution in [0, 0.1) is 11.8 Å². The highest BCUT2D eigenvalue weighted by Crippen LogP contribution is 2.34. The third-order valence-electron chi connectivity index (χ3n) is 4.21. The second-order valence-electron chi connectivity index (χ2n) is 6.44. The number of cyclic esters (lactones) is 2. The average Bonchev–Trinajstić information content (AvgIpc) is 2.65. The van der Waals surface area contributed by atoms with Gasteiger partial charge in [0.2, 0.25) is 0 Å². The van der Waals surface area contributed by atoms with Crippen molar-refractivity contribution in [1.82, 2.24) is 4.90 Å². The Kier molecular flexibility index (Phi) is 7.33. The first kappa shape index (κ1) is 21.3. The van der Waals surface area contributed by atoms with Gasteiger partial charge in [0.1, 0.15) is 0 Å². The molecule has 1 fully saturated rings. The van der Waals surface area contributed by atoms with Crippen LogP contribution in [0.4, 0.5) is 0 Å². The molecule has 1 saturated heterocycles. The summed E-state index contributed by atoms with van der Waals surface area (Å²) in [7, 11) is 0. The lowest BCUT2D eigenvalue weighted by atomic mass is 9.88. The highest BCUT2D eigenvalue weighted by molar-refractivity contribution is 5.94. The summed E-state index contributed by atoms with van der Waals surface area (Å²) in [4.78, 5) is 38.7. The van der Waals surface area contributed by atoms with Gasteiger partial charge in [-0.15, -0.1) is 0 Å². The van der Waals surface area contributed by atoms with E-state index < -0.39 is 41.8 Å². The molecule has 0 bridgehead atoms. The number of nitrogens with two attached hydrogens (primary N) is 1. The van der Waals surface area contributed by atoms with Crippen LogP contribution in [0.25, 0.3) is 0 Å². The van der Waals surface area contributed by atoms with Crippen molar-refractivity contribution in [3.63, 3.8) is 0 Å². The summed E-state index contributed by atoms with van der Waals surface area (Å²) in [5.74, 6) is -6.42. The summed E-state index contributed by atoms with van der Waals surface area (Å²) >= 11 is 0. The number of hydrogen-bond donors (Lipinski definition) is 3. The van der Waals surface area contributed by atoms with Crippen LogP contribution in [0.5, 0.6) is 0 Å². The van der Waals surface area contributed by atoms with Gasteiger partial charge in [-0.3, -0.25) is 4.79 Å². The lowest BCUT2D eigenvalue weighted by molar-refractivity contribution is -0.245. The van der Waals surface area contributed by atoms with Crippen molar-refractivity contribution in [2.24, 2.45) is 17.6 Å². The number of aliphatic hydroxyl groups excluding tert-OH is 2. The van der Waals surface area contributed by atoms with Gasteiger partial charge in [-0.2, -0.15) is 0 Å². The Balaban J connectivity index is 3.47. The molecular weight excluding hydrogens is 332 g/mol. The normalized spacial score (nSPS) is 28.2. The number of carbonyl (C=O) groups is 3. The number of esters is 2. The fourth-order valence-corrected chi connectivity index (χ4v) is 2.83. The molecular formula is C16H28N2O7. The van der Waals surface area contributed by atoms with Crippen molar-refractivity contribution in [1.29, 1.82) is 0 Å². The van der Waals surface area contributed by atoms with E-state index in [1.807, 2.05) is 13.8 Å². The zero-order chi connectivity index (χ0) is 19.4. The molecule has 0 radical (unpaired) electrons. The van der Waals surface area contributed by atoms with Crippen LogP contribution in [0.1, 0.15) is 34.1 Å². The molecule has 4 N–H and O–H groups in total. The first-order chi connectivity index (χ1) is 11.6. The minimum absolute atomic E-state index is 0.0606. The maximum Gasteiger partial charge on any atom is 0.342 e. The molecule has 1 aliphatic heterocycles. The van der Waals surface area contributed by atoms with E-state index in [-0.39, 0.29) is 25.6 Å². The van der Waals surface area contributed by atoms with Gasteiger partial charge in [-0.25, -0.2) is 9.59 Å². The molecule has 25 heavy (non-hydrogen) atoms. The van der Waals surface area contributed by atoms with Crippen molar-refractivity contribution in [3.8, 4) is 0 Å². The van der Waals surface area contributed by atoms with Crippen molar-refractivity contribution >= 4 is 17.8 Å². The van der Waals surface area contributed by atoms with E-state index in [0.717, 1.165) is 0 Å². The molecule has 3 atom stereocenters. The standard InChI is InChI=1S/C16H28N2O7/c1-5-18(6-2)15(23)16(10(8-17)7-9(3)4)24-13(21)11(19)12(20)14(22)25-16/h9-12,19-20H,5-8,17H2,1-4H3/t10-,11?,12?,16?/m0/s1. The second kappa shape index (κ2) is 8.59. The summed E-state index contributed by atoms with van der Waals surface area (Å²) in [6.07, 6.45) is -3.93. The number of amides is 1. The summed E-state index contributed by atoms with van der Waals surface area (Å²) < 4.78 is 10.4. The zero-order valence-corrected chi connectivity index (χ0v) is 15.1. The predicted molar refractivity (Wildman–Crippen MR) is 86.9 cm³/mol.